The standard InChI is InChI=1S/C21H17NO5/c1-12-3-4-15(21(25)26)10-18(12)22-11-16-6-8-19(27-16)17-7-5-14(20(23)24)9-13(17)2/h3-11H,1-2H3,(H,23,24)(H,25,26)/p-2. The molecule has 27 heavy (non-hydrogen) atoms. The lowest BCUT2D eigenvalue weighted by Gasteiger charge is -2.07. The van der Waals surface area contributed by atoms with Crippen molar-refractivity contribution in [2.45, 2.75) is 13.8 Å². The third-order valence-corrected chi connectivity index (χ3v) is 4.13. The zero-order valence-corrected chi connectivity index (χ0v) is 14.7. The van der Waals surface area contributed by atoms with E-state index in [1.54, 1.807) is 31.2 Å². The molecule has 0 saturated carbocycles. The first-order valence-corrected chi connectivity index (χ1v) is 8.13. The van der Waals surface area contributed by atoms with Crippen LogP contribution >= 0.6 is 0 Å². The van der Waals surface area contributed by atoms with Gasteiger partial charge in [-0.15, -0.1) is 0 Å². The second-order valence-corrected chi connectivity index (χ2v) is 6.07. The summed E-state index contributed by atoms with van der Waals surface area (Å²) in [6, 6.07) is 12.7. The smallest absolute Gasteiger partial charge is 0.145 e. The van der Waals surface area contributed by atoms with E-state index in [0.29, 0.717) is 17.2 Å². The summed E-state index contributed by atoms with van der Waals surface area (Å²) >= 11 is 0. The van der Waals surface area contributed by atoms with Gasteiger partial charge < -0.3 is 24.2 Å². The van der Waals surface area contributed by atoms with Gasteiger partial charge in [0.05, 0.1) is 23.8 Å². The number of carboxylic acids is 2. The van der Waals surface area contributed by atoms with Gasteiger partial charge in [0.25, 0.3) is 0 Å². The van der Waals surface area contributed by atoms with E-state index < -0.39 is 11.9 Å². The fraction of sp³-hybridized carbons (Fsp3) is 0.0952. The Hall–Kier alpha value is -3.67. The van der Waals surface area contributed by atoms with Crippen molar-refractivity contribution in [3.8, 4) is 11.3 Å². The predicted octanol–water partition coefficient (Wildman–Crippen LogP) is 2.04. The molecule has 0 amide bonds. The molecule has 0 atom stereocenters. The number of rotatable bonds is 5. The second kappa shape index (κ2) is 7.29. The van der Waals surface area contributed by atoms with E-state index in [-0.39, 0.29) is 11.1 Å². The summed E-state index contributed by atoms with van der Waals surface area (Å²) in [5.74, 6) is -1.45. The van der Waals surface area contributed by atoms with Crippen molar-refractivity contribution in [1.82, 2.24) is 0 Å². The first-order chi connectivity index (χ1) is 12.8. The van der Waals surface area contributed by atoms with Crippen LogP contribution in [0, 0.1) is 13.8 Å². The molecule has 0 N–H and O–H groups in total. The minimum atomic E-state index is -1.26. The molecule has 0 aliphatic rings. The van der Waals surface area contributed by atoms with Crippen LogP contribution in [0.15, 0.2) is 57.9 Å². The number of aliphatic imine (C=N–C) groups is 1. The summed E-state index contributed by atoms with van der Waals surface area (Å²) in [5, 5.41) is 21.9. The average molecular weight is 361 g/mol. The van der Waals surface area contributed by atoms with Crippen molar-refractivity contribution in [3.63, 3.8) is 0 Å². The Kier molecular flexibility index (Phi) is 4.90. The van der Waals surface area contributed by atoms with E-state index in [1.165, 1.54) is 30.5 Å². The van der Waals surface area contributed by atoms with Gasteiger partial charge in [-0.2, -0.15) is 0 Å². The summed E-state index contributed by atoms with van der Waals surface area (Å²) in [4.78, 5) is 26.2. The average Bonchev–Trinajstić information content (AvgIpc) is 3.09. The van der Waals surface area contributed by atoms with Crippen molar-refractivity contribution in [1.29, 1.82) is 0 Å². The lowest BCUT2D eigenvalue weighted by Crippen LogP contribution is -2.22. The maximum absolute atomic E-state index is 11.0. The van der Waals surface area contributed by atoms with E-state index in [0.717, 1.165) is 16.7 Å². The van der Waals surface area contributed by atoms with Crippen molar-refractivity contribution >= 4 is 23.8 Å². The summed E-state index contributed by atoms with van der Waals surface area (Å²) < 4.78 is 5.75. The van der Waals surface area contributed by atoms with Crippen LogP contribution in [0.4, 0.5) is 5.69 Å². The van der Waals surface area contributed by atoms with Gasteiger partial charge in [0, 0.05) is 5.56 Å². The van der Waals surface area contributed by atoms with Gasteiger partial charge in [-0.3, -0.25) is 4.99 Å². The van der Waals surface area contributed by atoms with Gasteiger partial charge in [0.15, 0.2) is 0 Å². The fourth-order valence-corrected chi connectivity index (χ4v) is 2.64. The number of carbonyl (C=O) groups excluding carboxylic acids is 2. The largest absolute Gasteiger partial charge is 0.545 e. The molecular formula is C21H15NO5-2. The van der Waals surface area contributed by atoms with Crippen LogP contribution in [0.1, 0.15) is 37.6 Å². The van der Waals surface area contributed by atoms with Crippen molar-refractivity contribution in [2.24, 2.45) is 4.99 Å². The molecule has 0 radical (unpaired) electrons. The normalized spacial score (nSPS) is 11.0. The molecule has 3 rings (SSSR count). The SMILES string of the molecule is Cc1ccc(C(=O)[O-])cc1N=Cc1ccc(-c2ccc(C(=O)[O-])cc2C)o1. The number of carboxylic acid groups (broad SMARTS) is 2. The highest BCUT2D eigenvalue weighted by Gasteiger charge is 2.08. The highest BCUT2D eigenvalue weighted by Crippen LogP contribution is 2.26. The third-order valence-electron chi connectivity index (χ3n) is 4.13. The van der Waals surface area contributed by atoms with Gasteiger partial charge in [-0.05, 0) is 60.4 Å². The molecule has 0 aliphatic heterocycles. The molecule has 0 aliphatic carbocycles. The van der Waals surface area contributed by atoms with Crippen molar-refractivity contribution < 1.29 is 24.2 Å². The molecule has 6 heteroatoms. The Labute approximate surface area is 155 Å². The van der Waals surface area contributed by atoms with Gasteiger partial charge in [-0.1, -0.05) is 24.3 Å². The molecule has 1 aromatic heterocycles. The topological polar surface area (TPSA) is 106 Å². The molecule has 3 aromatic rings. The van der Waals surface area contributed by atoms with E-state index in [9.17, 15) is 19.8 Å². The second-order valence-electron chi connectivity index (χ2n) is 6.07. The molecule has 0 spiro atoms. The molecule has 0 unspecified atom stereocenters. The molecule has 1 heterocycles. The highest BCUT2D eigenvalue weighted by molar-refractivity contribution is 5.89. The van der Waals surface area contributed by atoms with E-state index >= 15 is 0 Å². The van der Waals surface area contributed by atoms with Gasteiger partial charge in [-0.25, -0.2) is 0 Å². The van der Waals surface area contributed by atoms with E-state index in [1.807, 2.05) is 6.92 Å². The van der Waals surface area contributed by atoms with Crippen LogP contribution in [-0.4, -0.2) is 18.2 Å². The van der Waals surface area contributed by atoms with Gasteiger partial charge in [0.2, 0.25) is 0 Å². The van der Waals surface area contributed by atoms with Crippen LogP contribution in [0.2, 0.25) is 0 Å². The Morgan fingerprint density at radius 3 is 2.22 bits per heavy atom. The highest BCUT2D eigenvalue weighted by atomic mass is 16.4. The molecule has 6 nitrogen and oxygen atoms in total. The first-order valence-electron chi connectivity index (χ1n) is 8.13. The summed E-state index contributed by atoms with van der Waals surface area (Å²) in [6.45, 7) is 3.61. The third kappa shape index (κ3) is 3.95. The first kappa shape index (κ1) is 18.1. The maximum atomic E-state index is 11.0. The van der Waals surface area contributed by atoms with Crippen molar-refractivity contribution in [3.05, 3.63) is 76.5 Å². The number of benzene rings is 2. The van der Waals surface area contributed by atoms with Crippen LogP contribution in [0.3, 0.4) is 0 Å². The number of nitrogens with zero attached hydrogens (tertiary/aromatic N) is 1. The van der Waals surface area contributed by atoms with Crippen LogP contribution in [0.25, 0.3) is 11.3 Å². The number of aromatic carboxylic acids is 2. The quantitative estimate of drug-likeness (QED) is 0.647. The lowest BCUT2D eigenvalue weighted by molar-refractivity contribution is -0.256. The number of aryl methyl sites for hydroxylation is 2. The van der Waals surface area contributed by atoms with E-state index in [4.69, 9.17) is 4.42 Å². The predicted molar refractivity (Wildman–Crippen MR) is 96.0 cm³/mol. The number of hydrogen-bond donors (Lipinski definition) is 0. The molecule has 0 fully saturated rings. The summed E-state index contributed by atoms with van der Waals surface area (Å²) in [5.41, 5.74) is 2.98. The lowest BCUT2D eigenvalue weighted by atomic mass is 10.0. The molecular weight excluding hydrogens is 346 g/mol. The van der Waals surface area contributed by atoms with Crippen molar-refractivity contribution in [2.75, 3.05) is 0 Å². The van der Waals surface area contributed by atoms with Crippen LogP contribution in [0.5, 0.6) is 0 Å². The monoisotopic (exact) mass is 361 g/mol. The Morgan fingerprint density at radius 2 is 1.56 bits per heavy atom. The Bertz CT molecular complexity index is 1060. The Balaban J connectivity index is 1.87. The van der Waals surface area contributed by atoms with E-state index in [2.05, 4.69) is 4.99 Å². The summed E-state index contributed by atoms with van der Waals surface area (Å²) in [6.07, 6.45) is 1.50. The zero-order chi connectivity index (χ0) is 19.6. The molecule has 0 saturated heterocycles. The number of carbonyl (C=O) groups is 2. The maximum Gasteiger partial charge on any atom is 0.145 e. The molecule has 2 aromatic carbocycles. The van der Waals surface area contributed by atoms with Gasteiger partial charge >= 0.3 is 0 Å². The number of furan rings is 1. The Morgan fingerprint density at radius 1 is 0.889 bits per heavy atom. The molecule has 0 bridgehead atoms. The minimum absolute atomic E-state index is 0.0523. The summed E-state index contributed by atoms with van der Waals surface area (Å²) in [7, 11) is 0. The van der Waals surface area contributed by atoms with Crippen LogP contribution < -0.4 is 10.2 Å². The van der Waals surface area contributed by atoms with Gasteiger partial charge in [0.1, 0.15) is 11.5 Å². The zero-order valence-electron chi connectivity index (χ0n) is 14.7. The number of hydrogen-bond acceptors (Lipinski definition) is 6. The fourth-order valence-electron chi connectivity index (χ4n) is 2.64. The molecule has 136 valence electrons. The van der Waals surface area contributed by atoms with Crippen LogP contribution in [-0.2, 0) is 0 Å². The minimum Gasteiger partial charge on any atom is -0.545 e.